The van der Waals surface area contributed by atoms with Crippen LogP contribution in [0.15, 0.2) is 58.3 Å². The molecule has 0 saturated carbocycles. The maximum Gasteiger partial charge on any atom is 0.321 e. The molecule has 2 atom stereocenters. The van der Waals surface area contributed by atoms with Crippen molar-refractivity contribution >= 4 is 45.2 Å². The fourth-order valence-corrected chi connectivity index (χ4v) is 7.87. The van der Waals surface area contributed by atoms with Gasteiger partial charge in [0.2, 0.25) is 0 Å². The maximum absolute atomic E-state index is 13.8. The number of hydrogen-bond acceptors (Lipinski definition) is 7. The number of aliphatic carboxylic acids is 1. The molecule has 0 radical (unpaired) electrons. The largest absolute Gasteiger partial charge is 0.480 e. The molecule has 0 fully saturated rings. The first-order valence-electron chi connectivity index (χ1n) is 11.7. The number of carboxylic acids is 1. The Morgan fingerprint density at radius 1 is 1.15 bits per heavy atom. The van der Waals surface area contributed by atoms with Gasteiger partial charge in [0.1, 0.15) is 11.4 Å². The van der Waals surface area contributed by atoms with Crippen LogP contribution >= 0.6 is 23.7 Å². The van der Waals surface area contributed by atoms with Crippen LogP contribution in [0.3, 0.4) is 0 Å². The number of unbranched alkanes of at least 4 members (excludes halogenated alkanes) is 3. The number of fused-ring (bicyclic) bond motifs is 1. The molecule has 0 amide bonds. The van der Waals surface area contributed by atoms with E-state index in [1.54, 1.807) is 74.0 Å². The number of benzene rings is 2. The summed E-state index contributed by atoms with van der Waals surface area (Å²) in [4.78, 5) is 13.0. The van der Waals surface area contributed by atoms with Crippen LogP contribution < -0.4 is 9.62 Å². The van der Waals surface area contributed by atoms with Crippen molar-refractivity contribution in [3.05, 3.63) is 54.1 Å². The van der Waals surface area contributed by atoms with E-state index in [4.69, 9.17) is 0 Å². The molecule has 1 aliphatic heterocycles. The normalized spacial score (nSPS) is 15.4. The molecule has 2 aromatic rings. The summed E-state index contributed by atoms with van der Waals surface area (Å²) in [6, 6.07) is 13.0. The van der Waals surface area contributed by atoms with Crippen LogP contribution in [0.1, 0.15) is 57.4 Å². The average molecular weight is 523 g/mol. The van der Waals surface area contributed by atoms with Gasteiger partial charge in [0.05, 0.1) is 16.5 Å². The molecule has 0 bridgehead atoms. The van der Waals surface area contributed by atoms with Gasteiger partial charge in [-0.2, -0.15) is 0 Å². The van der Waals surface area contributed by atoms with Crippen molar-refractivity contribution in [1.29, 1.82) is 0 Å². The second kappa shape index (κ2) is 12.3. The van der Waals surface area contributed by atoms with Crippen molar-refractivity contribution in [3.8, 4) is 0 Å². The van der Waals surface area contributed by atoms with Gasteiger partial charge in [0, 0.05) is 10.6 Å². The van der Waals surface area contributed by atoms with Gasteiger partial charge in [-0.15, -0.1) is 11.8 Å². The summed E-state index contributed by atoms with van der Waals surface area (Å²) in [5, 5.41) is 11.4. The first-order valence-corrected chi connectivity index (χ1v) is 15.2. The molecule has 1 aliphatic rings. The van der Waals surface area contributed by atoms with E-state index in [1.807, 2.05) is 12.1 Å². The van der Waals surface area contributed by atoms with E-state index >= 15 is 0 Å². The molecule has 34 heavy (non-hydrogen) atoms. The smallest absolute Gasteiger partial charge is 0.321 e. The predicted molar refractivity (Wildman–Crippen MR) is 142 cm³/mol. The van der Waals surface area contributed by atoms with Crippen LogP contribution in [-0.2, 0) is 14.6 Å². The van der Waals surface area contributed by atoms with Crippen LogP contribution in [0.5, 0.6) is 0 Å². The number of carbonyl (C=O) groups is 1. The number of anilines is 1. The minimum absolute atomic E-state index is 0.197. The van der Waals surface area contributed by atoms with Gasteiger partial charge in [0.25, 0.3) is 0 Å². The lowest BCUT2D eigenvalue weighted by Crippen LogP contribution is -2.45. The molecule has 0 aromatic heterocycles. The highest BCUT2D eigenvalue weighted by atomic mass is 32.2. The second-order valence-electron chi connectivity index (χ2n) is 8.74. The van der Waals surface area contributed by atoms with Crippen LogP contribution in [0.4, 0.5) is 5.69 Å². The minimum Gasteiger partial charge on any atom is -0.480 e. The Balaban J connectivity index is 1.85. The van der Waals surface area contributed by atoms with E-state index in [0.29, 0.717) is 5.56 Å². The van der Waals surface area contributed by atoms with E-state index in [-0.39, 0.29) is 10.8 Å². The topological polar surface area (TPSA) is 86.7 Å². The van der Waals surface area contributed by atoms with Crippen molar-refractivity contribution in [2.24, 2.45) is 5.92 Å². The molecule has 1 heterocycles. The van der Waals surface area contributed by atoms with Crippen molar-refractivity contribution in [2.75, 3.05) is 15.9 Å². The third-order valence-corrected chi connectivity index (χ3v) is 10.0. The fourth-order valence-electron chi connectivity index (χ4n) is 3.84. The first-order chi connectivity index (χ1) is 16.3. The second-order valence-corrected chi connectivity index (χ2v) is 12.9. The molecule has 9 heteroatoms. The van der Waals surface area contributed by atoms with Crippen molar-refractivity contribution in [2.45, 2.75) is 67.7 Å². The Morgan fingerprint density at radius 3 is 2.53 bits per heavy atom. The molecule has 2 N–H and O–H groups in total. The molecule has 1 unspecified atom stereocenters. The molecule has 0 spiro atoms. The SMILES string of the molecule is CCCCCCSN1CSc2cc(S(=O)(=O)C(N[C@@H](C(=O)O)C(C)C)c3ccccc3)ccc21. The van der Waals surface area contributed by atoms with Gasteiger partial charge >= 0.3 is 5.97 Å². The van der Waals surface area contributed by atoms with Crippen molar-refractivity contribution in [3.63, 3.8) is 0 Å². The Labute approximate surface area is 211 Å². The number of thioether (sulfide) groups is 1. The number of sulfone groups is 1. The van der Waals surface area contributed by atoms with Crippen molar-refractivity contribution in [1.82, 2.24) is 5.32 Å². The van der Waals surface area contributed by atoms with Crippen molar-refractivity contribution < 1.29 is 18.3 Å². The molecule has 3 rings (SSSR count). The number of hydrogen-bond donors (Lipinski definition) is 2. The van der Waals surface area contributed by atoms with Crippen LogP contribution in [0.2, 0.25) is 0 Å². The lowest BCUT2D eigenvalue weighted by atomic mass is 10.0. The zero-order valence-electron chi connectivity index (χ0n) is 19.9. The van der Waals surface area contributed by atoms with Gasteiger partial charge in [0.15, 0.2) is 9.84 Å². The molecule has 0 saturated heterocycles. The first kappa shape index (κ1) is 26.9. The Hall–Kier alpha value is -1.68. The zero-order valence-corrected chi connectivity index (χ0v) is 22.4. The van der Waals surface area contributed by atoms with Gasteiger partial charge in [-0.05, 0) is 48.0 Å². The predicted octanol–water partition coefficient (Wildman–Crippen LogP) is 5.96. The lowest BCUT2D eigenvalue weighted by Gasteiger charge is -2.26. The summed E-state index contributed by atoms with van der Waals surface area (Å²) in [6.45, 7) is 5.73. The number of nitrogens with one attached hydrogen (secondary N) is 1. The molecule has 2 aromatic carbocycles. The molecule has 6 nitrogen and oxygen atoms in total. The minimum atomic E-state index is -3.90. The molecule has 0 aliphatic carbocycles. The number of nitrogens with zero attached hydrogens (tertiary/aromatic N) is 1. The monoisotopic (exact) mass is 522 g/mol. The molecule has 186 valence electrons. The average Bonchev–Trinajstić information content (AvgIpc) is 3.21. The lowest BCUT2D eigenvalue weighted by molar-refractivity contribution is -0.140. The highest BCUT2D eigenvalue weighted by Crippen LogP contribution is 2.44. The highest BCUT2D eigenvalue weighted by molar-refractivity contribution is 8.04. The van der Waals surface area contributed by atoms with E-state index in [0.717, 1.165) is 22.2 Å². The summed E-state index contributed by atoms with van der Waals surface area (Å²) >= 11 is 3.43. The van der Waals surface area contributed by atoms with E-state index in [9.17, 15) is 18.3 Å². The fraction of sp³-hybridized carbons (Fsp3) is 0.480. The van der Waals surface area contributed by atoms with Gasteiger partial charge < -0.3 is 9.41 Å². The summed E-state index contributed by atoms with van der Waals surface area (Å²) in [7, 11) is -3.90. The summed E-state index contributed by atoms with van der Waals surface area (Å²) in [5.41, 5.74) is 1.56. The summed E-state index contributed by atoms with van der Waals surface area (Å²) in [5.74, 6) is 0.484. The van der Waals surface area contributed by atoms with Gasteiger partial charge in [-0.1, -0.05) is 70.4 Å². The summed E-state index contributed by atoms with van der Waals surface area (Å²) in [6.07, 6.45) is 4.87. The highest BCUT2D eigenvalue weighted by Gasteiger charge is 2.35. The van der Waals surface area contributed by atoms with Crippen LogP contribution in [-0.4, -0.2) is 37.2 Å². The summed E-state index contributed by atoms with van der Waals surface area (Å²) < 4.78 is 29.8. The Kier molecular flexibility index (Phi) is 9.76. The Morgan fingerprint density at radius 2 is 1.88 bits per heavy atom. The van der Waals surface area contributed by atoms with E-state index in [1.165, 1.54) is 25.7 Å². The van der Waals surface area contributed by atoms with Crippen LogP contribution in [0, 0.1) is 5.92 Å². The quantitative estimate of drug-likeness (QED) is 0.246. The van der Waals surface area contributed by atoms with E-state index in [2.05, 4.69) is 16.5 Å². The zero-order chi connectivity index (χ0) is 24.7. The third-order valence-electron chi connectivity index (χ3n) is 5.79. The van der Waals surface area contributed by atoms with Gasteiger partial charge in [-0.3, -0.25) is 10.1 Å². The third kappa shape index (κ3) is 6.50. The molecular weight excluding hydrogens is 488 g/mol. The molecular formula is C25H34N2O4S3. The Bertz CT molecular complexity index is 1060. The number of rotatable bonds is 13. The van der Waals surface area contributed by atoms with Crippen LogP contribution in [0.25, 0.3) is 0 Å². The maximum atomic E-state index is 13.8. The standard InChI is InChI=1S/C25H34N2O4S3/c1-4-5-6-10-15-33-27-17-32-22-16-20(13-14-21(22)27)34(30,31)24(19-11-8-7-9-12-19)26-23(18(2)3)25(28)29/h7-9,11-14,16,18,23-24,26H,4-6,10,15,17H2,1-3H3,(H,28,29)/t23-,24?/m1/s1. The van der Waals surface area contributed by atoms with E-state index < -0.39 is 27.2 Å². The number of carboxylic acid groups (broad SMARTS) is 1. The van der Waals surface area contributed by atoms with Gasteiger partial charge in [-0.25, -0.2) is 8.42 Å².